The summed E-state index contributed by atoms with van der Waals surface area (Å²) in [4.78, 5) is 34.3. The molecule has 3 rings (SSSR count). The van der Waals surface area contributed by atoms with Crippen molar-refractivity contribution in [2.45, 2.75) is 19.8 Å². The molecule has 0 fully saturated rings. The van der Waals surface area contributed by atoms with Crippen LogP contribution < -0.4 is 5.01 Å². The van der Waals surface area contributed by atoms with Crippen LogP contribution in [0, 0.1) is 10.1 Å². The highest BCUT2D eigenvalue weighted by atomic mass is 16.6. The number of anilines is 1. The molecule has 0 unspecified atom stereocenters. The SMILES string of the molecule is CCCC1=NN(c2ccc(C(=O)O)cc2)C(=O)/C1=C/c1cccc([N+](=O)[O-])c1O. The number of nitro groups is 1. The van der Waals surface area contributed by atoms with Gasteiger partial charge in [0.15, 0.2) is 0 Å². The molecule has 1 heterocycles. The quantitative estimate of drug-likeness (QED) is 0.436. The van der Waals surface area contributed by atoms with Crippen LogP contribution in [0.3, 0.4) is 0 Å². The predicted molar refractivity (Wildman–Crippen MR) is 106 cm³/mol. The summed E-state index contributed by atoms with van der Waals surface area (Å²) >= 11 is 0. The summed E-state index contributed by atoms with van der Waals surface area (Å²) in [5.74, 6) is -2.08. The number of nitro benzene ring substituents is 1. The van der Waals surface area contributed by atoms with E-state index in [1.54, 1.807) is 0 Å². The maximum Gasteiger partial charge on any atom is 0.335 e. The molecule has 0 aromatic heterocycles. The topological polar surface area (TPSA) is 133 Å². The standard InChI is InChI=1S/C20H17N3O6/c1-2-4-16-15(11-13-5-3-6-17(18(13)24)23(28)29)19(25)22(21-16)14-9-7-12(8-10-14)20(26)27/h3,5-11,24H,2,4H2,1H3,(H,26,27)/b15-11+. The number of hydrogen-bond acceptors (Lipinski definition) is 6. The van der Waals surface area contributed by atoms with Crippen LogP contribution in [-0.4, -0.2) is 32.7 Å². The normalized spacial score (nSPS) is 14.9. The highest BCUT2D eigenvalue weighted by molar-refractivity contribution is 6.32. The maximum atomic E-state index is 13.0. The van der Waals surface area contributed by atoms with Crippen molar-refractivity contribution < 1.29 is 24.7 Å². The van der Waals surface area contributed by atoms with E-state index in [0.717, 1.165) is 5.01 Å². The van der Waals surface area contributed by atoms with Gasteiger partial charge in [-0.1, -0.05) is 25.5 Å². The zero-order valence-corrected chi connectivity index (χ0v) is 15.4. The van der Waals surface area contributed by atoms with Gasteiger partial charge in [-0.25, -0.2) is 4.79 Å². The largest absolute Gasteiger partial charge is 0.502 e. The van der Waals surface area contributed by atoms with E-state index in [0.29, 0.717) is 24.2 Å². The molecule has 0 saturated heterocycles. The van der Waals surface area contributed by atoms with Gasteiger partial charge in [0, 0.05) is 11.6 Å². The molecule has 9 heteroatoms. The fraction of sp³-hybridized carbons (Fsp3) is 0.150. The molecule has 1 aliphatic rings. The van der Waals surface area contributed by atoms with Crippen LogP contribution in [0.25, 0.3) is 6.08 Å². The molecule has 148 valence electrons. The molecule has 9 nitrogen and oxygen atoms in total. The number of hydrazone groups is 1. The molecule has 29 heavy (non-hydrogen) atoms. The number of para-hydroxylation sites is 1. The van der Waals surface area contributed by atoms with E-state index < -0.39 is 28.2 Å². The van der Waals surface area contributed by atoms with Crippen molar-refractivity contribution in [3.63, 3.8) is 0 Å². The van der Waals surface area contributed by atoms with Gasteiger partial charge >= 0.3 is 11.7 Å². The fourth-order valence-electron chi connectivity index (χ4n) is 2.91. The van der Waals surface area contributed by atoms with E-state index in [9.17, 15) is 24.8 Å². The molecule has 0 aliphatic carbocycles. The van der Waals surface area contributed by atoms with Gasteiger partial charge in [0.2, 0.25) is 5.75 Å². The molecule has 1 aliphatic heterocycles. The smallest absolute Gasteiger partial charge is 0.335 e. The summed E-state index contributed by atoms with van der Waals surface area (Å²) < 4.78 is 0. The average Bonchev–Trinajstić information content (AvgIpc) is 2.99. The molecule has 2 N–H and O–H groups in total. The highest BCUT2D eigenvalue weighted by Crippen LogP contribution is 2.33. The van der Waals surface area contributed by atoms with Crippen molar-refractivity contribution in [2.24, 2.45) is 5.10 Å². The van der Waals surface area contributed by atoms with E-state index in [1.165, 1.54) is 48.5 Å². The molecule has 0 bridgehead atoms. The van der Waals surface area contributed by atoms with Gasteiger partial charge in [-0.05, 0) is 36.8 Å². The summed E-state index contributed by atoms with van der Waals surface area (Å²) in [6, 6.07) is 9.75. The Kier molecular flexibility index (Phi) is 5.40. The Balaban J connectivity index is 2.02. The molecule has 2 aromatic rings. The van der Waals surface area contributed by atoms with Crippen LogP contribution in [-0.2, 0) is 4.79 Å². The summed E-state index contributed by atoms with van der Waals surface area (Å²) in [7, 11) is 0. The lowest BCUT2D eigenvalue weighted by Crippen LogP contribution is -2.21. The number of rotatable bonds is 6. The third kappa shape index (κ3) is 3.84. The number of aromatic hydroxyl groups is 1. The van der Waals surface area contributed by atoms with Crippen LogP contribution in [0.1, 0.15) is 35.7 Å². The lowest BCUT2D eigenvalue weighted by Gasteiger charge is -2.11. The number of aromatic carboxylic acids is 1. The first-order chi connectivity index (χ1) is 13.8. The average molecular weight is 395 g/mol. The van der Waals surface area contributed by atoms with E-state index in [4.69, 9.17) is 5.11 Å². The summed E-state index contributed by atoms with van der Waals surface area (Å²) in [5, 5.41) is 35.7. The van der Waals surface area contributed by atoms with Crippen LogP contribution in [0.5, 0.6) is 5.75 Å². The minimum atomic E-state index is -1.08. The van der Waals surface area contributed by atoms with Gasteiger partial charge < -0.3 is 10.2 Å². The Morgan fingerprint density at radius 2 is 1.93 bits per heavy atom. The van der Waals surface area contributed by atoms with Gasteiger partial charge in [-0.15, -0.1) is 0 Å². The number of carbonyl (C=O) groups excluding carboxylic acids is 1. The number of phenolic OH excluding ortho intramolecular Hbond substituents is 1. The zero-order valence-electron chi connectivity index (χ0n) is 15.4. The number of carbonyl (C=O) groups is 2. The number of carboxylic acid groups (broad SMARTS) is 1. The molecule has 0 spiro atoms. The predicted octanol–water partition coefficient (Wildman–Crippen LogP) is 3.58. The second-order valence-electron chi connectivity index (χ2n) is 6.30. The fourth-order valence-corrected chi connectivity index (χ4v) is 2.91. The monoisotopic (exact) mass is 395 g/mol. The molecule has 2 aromatic carbocycles. The molecule has 0 atom stereocenters. The van der Waals surface area contributed by atoms with E-state index in [2.05, 4.69) is 5.10 Å². The zero-order chi connectivity index (χ0) is 21.1. The van der Waals surface area contributed by atoms with Crippen molar-refractivity contribution >= 4 is 35.0 Å². The second-order valence-corrected chi connectivity index (χ2v) is 6.30. The van der Waals surface area contributed by atoms with Crippen molar-refractivity contribution in [3.8, 4) is 5.75 Å². The van der Waals surface area contributed by atoms with Crippen molar-refractivity contribution in [1.29, 1.82) is 0 Å². The molecular formula is C20H17N3O6. The molecule has 0 saturated carbocycles. The van der Waals surface area contributed by atoms with Gasteiger partial charge in [0.25, 0.3) is 5.91 Å². The van der Waals surface area contributed by atoms with Gasteiger partial charge in [-0.3, -0.25) is 14.9 Å². The number of nitrogens with zero attached hydrogens (tertiary/aromatic N) is 3. The summed E-state index contributed by atoms with van der Waals surface area (Å²) in [6.07, 6.45) is 2.57. The Morgan fingerprint density at radius 1 is 1.24 bits per heavy atom. The first kappa shape index (κ1) is 19.7. The Hall–Kier alpha value is -4.01. The first-order valence-electron chi connectivity index (χ1n) is 8.77. The Labute approximate surface area is 165 Å². The third-order valence-electron chi connectivity index (χ3n) is 4.34. The van der Waals surface area contributed by atoms with Crippen LogP contribution >= 0.6 is 0 Å². The second kappa shape index (κ2) is 7.93. The number of amides is 1. The van der Waals surface area contributed by atoms with Crippen molar-refractivity contribution in [3.05, 3.63) is 69.3 Å². The summed E-state index contributed by atoms with van der Waals surface area (Å²) in [5.41, 5.74) is 0.834. The number of benzene rings is 2. The molecule has 0 radical (unpaired) electrons. The summed E-state index contributed by atoms with van der Waals surface area (Å²) in [6.45, 7) is 1.92. The number of hydrogen-bond donors (Lipinski definition) is 2. The van der Waals surface area contributed by atoms with Gasteiger partial charge in [-0.2, -0.15) is 10.1 Å². The highest BCUT2D eigenvalue weighted by Gasteiger charge is 2.31. The van der Waals surface area contributed by atoms with Gasteiger partial charge in [0.1, 0.15) is 0 Å². The van der Waals surface area contributed by atoms with Crippen molar-refractivity contribution in [2.75, 3.05) is 5.01 Å². The molecular weight excluding hydrogens is 378 g/mol. The Bertz CT molecular complexity index is 1060. The Morgan fingerprint density at radius 3 is 2.52 bits per heavy atom. The molecule has 1 amide bonds. The van der Waals surface area contributed by atoms with Crippen LogP contribution in [0.15, 0.2) is 53.1 Å². The maximum absolute atomic E-state index is 13.0. The van der Waals surface area contributed by atoms with E-state index in [1.807, 2.05) is 6.92 Å². The van der Waals surface area contributed by atoms with Crippen molar-refractivity contribution in [1.82, 2.24) is 0 Å². The van der Waals surface area contributed by atoms with Gasteiger partial charge in [0.05, 0.1) is 27.5 Å². The lowest BCUT2D eigenvalue weighted by molar-refractivity contribution is -0.385. The number of carboxylic acids is 1. The van der Waals surface area contributed by atoms with Crippen LogP contribution in [0.4, 0.5) is 11.4 Å². The minimum absolute atomic E-state index is 0.0791. The number of phenols is 1. The van der Waals surface area contributed by atoms with Crippen LogP contribution in [0.2, 0.25) is 0 Å². The lowest BCUT2D eigenvalue weighted by atomic mass is 10.0. The van der Waals surface area contributed by atoms with E-state index >= 15 is 0 Å². The third-order valence-corrected chi connectivity index (χ3v) is 4.34. The first-order valence-corrected chi connectivity index (χ1v) is 8.77. The van der Waals surface area contributed by atoms with E-state index in [-0.39, 0.29) is 16.7 Å². The minimum Gasteiger partial charge on any atom is -0.502 e.